The van der Waals surface area contributed by atoms with Crippen molar-refractivity contribution in [2.45, 2.75) is 30.4 Å². The van der Waals surface area contributed by atoms with Crippen molar-refractivity contribution in [3.05, 3.63) is 142 Å². The Morgan fingerprint density at radius 2 is 1.61 bits per heavy atom. The van der Waals surface area contributed by atoms with Crippen LogP contribution in [0.2, 0.25) is 5.02 Å². The number of ether oxygens (including phenoxy) is 1. The van der Waals surface area contributed by atoms with E-state index in [2.05, 4.69) is 16.0 Å². The molecule has 4 aromatic carbocycles. The summed E-state index contributed by atoms with van der Waals surface area (Å²) >= 11 is 8.76. The summed E-state index contributed by atoms with van der Waals surface area (Å²) in [5, 5.41) is 9.99. The number of thioether (sulfide) groups is 1. The van der Waals surface area contributed by atoms with Gasteiger partial charge < -0.3 is 20.7 Å². The minimum absolute atomic E-state index is 0.0600. The average Bonchev–Trinajstić information content (AvgIpc) is 3.56. The quantitative estimate of drug-likeness (QED) is 0.0630. The van der Waals surface area contributed by atoms with E-state index in [1.165, 1.54) is 47.4 Å². The second-order valence-corrected chi connectivity index (χ2v) is 13.5. The molecule has 0 saturated heterocycles. The maximum Gasteiger partial charge on any atom is 0.341 e. The van der Waals surface area contributed by atoms with Crippen molar-refractivity contribution in [2.24, 2.45) is 0 Å². The predicted molar refractivity (Wildman–Crippen MR) is 203 cm³/mol. The van der Waals surface area contributed by atoms with Crippen molar-refractivity contribution in [1.29, 1.82) is 0 Å². The van der Waals surface area contributed by atoms with Crippen LogP contribution in [0.15, 0.2) is 119 Å². The first-order valence-electron chi connectivity index (χ1n) is 15.9. The van der Waals surface area contributed by atoms with Gasteiger partial charge in [0.1, 0.15) is 22.1 Å². The first-order valence-corrected chi connectivity index (χ1v) is 18.1. The summed E-state index contributed by atoms with van der Waals surface area (Å²) in [6.07, 6.45) is 1.64. The smallest absolute Gasteiger partial charge is 0.341 e. The Balaban J connectivity index is 1.34. The number of rotatable bonds is 13. The molecule has 0 spiro atoms. The minimum atomic E-state index is -0.719. The van der Waals surface area contributed by atoms with Gasteiger partial charge in [-0.3, -0.25) is 14.4 Å². The molecule has 0 aliphatic carbocycles. The van der Waals surface area contributed by atoms with Crippen molar-refractivity contribution in [3.63, 3.8) is 0 Å². The van der Waals surface area contributed by atoms with Gasteiger partial charge in [-0.05, 0) is 67.4 Å². The summed E-state index contributed by atoms with van der Waals surface area (Å²) in [5.74, 6) is -2.79. The zero-order valence-electron chi connectivity index (χ0n) is 27.6. The number of halogens is 2. The Kier molecular flexibility index (Phi) is 12.8. The van der Waals surface area contributed by atoms with Crippen LogP contribution in [0.5, 0.6) is 0 Å². The van der Waals surface area contributed by atoms with Gasteiger partial charge in [0, 0.05) is 32.7 Å². The van der Waals surface area contributed by atoms with Gasteiger partial charge in [0.05, 0.1) is 16.9 Å². The summed E-state index contributed by atoms with van der Waals surface area (Å²) in [6, 6.07) is 28.6. The van der Waals surface area contributed by atoms with Crippen LogP contribution < -0.4 is 16.0 Å². The van der Waals surface area contributed by atoms with Crippen LogP contribution in [0.4, 0.5) is 15.1 Å². The molecule has 5 aromatic rings. The number of benzene rings is 4. The fraction of sp³-hybridized carbons (Fsp3) is 0.128. The summed E-state index contributed by atoms with van der Waals surface area (Å²) in [7, 11) is 0. The molecule has 51 heavy (non-hydrogen) atoms. The highest BCUT2D eigenvalue weighted by Crippen LogP contribution is 2.37. The SMILES string of the molecule is CCOC(=O)c1c(-c2ccccc2)csc1NC(=O)C(CC)Sc1cccc(NC(=O)/C(=C\c2c(F)cccc2Cl)NC(=O)c2ccccc2)c1. The van der Waals surface area contributed by atoms with Crippen molar-refractivity contribution in [1.82, 2.24) is 5.32 Å². The van der Waals surface area contributed by atoms with E-state index in [1.807, 2.05) is 42.6 Å². The zero-order chi connectivity index (χ0) is 36.3. The number of esters is 1. The third kappa shape index (κ3) is 9.52. The highest BCUT2D eigenvalue weighted by molar-refractivity contribution is 8.00. The molecule has 1 atom stereocenters. The van der Waals surface area contributed by atoms with E-state index in [0.29, 0.717) is 38.7 Å². The van der Waals surface area contributed by atoms with Crippen LogP contribution in [-0.4, -0.2) is 35.5 Å². The topological polar surface area (TPSA) is 114 Å². The van der Waals surface area contributed by atoms with E-state index >= 15 is 0 Å². The van der Waals surface area contributed by atoms with E-state index in [4.69, 9.17) is 16.3 Å². The first kappa shape index (κ1) is 37.0. The van der Waals surface area contributed by atoms with Crippen LogP contribution in [0.1, 0.15) is 46.5 Å². The molecule has 0 radical (unpaired) electrons. The van der Waals surface area contributed by atoms with E-state index in [9.17, 15) is 23.6 Å². The van der Waals surface area contributed by atoms with Gasteiger partial charge in [0.2, 0.25) is 5.91 Å². The number of nitrogens with one attached hydrogen (secondary N) is 3. The summed E-state index contributed by atoms with van der Waals surface area (Å²) in [4.78, 5) is 53.9. The van der Waals surface area contributed by atoms with Crippen LogP contribution in [0.25, 0.3) is 17.2 Å². The van der Waals surface area contributed by atoms with Crippen LogP contribution in [-0.2, 0) is 14.3 Å². The molecule has 0 aliphatic heterocycles. The van der Waals surface area contributed by atoms with E-state index in [-0.39, 0.29) is 28.8 Å². The first-order chi connectivity index (χ1) is 24.7. The van der Waals surface area contributed by atoms with E-state index in [1.54, 1.807) is 61.5 Å². The number of amides is 3. The number of hydrogen-bond donors (Lipinski definition) is 3. The molecule has 0 bridgehead atoms. The van der Waals surface area contributed by atoms with Gasteiger partial charge >= 0.3 is 5.97 Å². The molecule has 1 heterocycles. The summed E-state index contributed by atoms with van der Waals surface area (Å²) < 4.78 is 20.0. The Bertz CT molecular complexity index is 2050. The van der Waals surface area contributed by atoms with Gasteiger partial charge in [-0.1, -0.05) is 79.2 Å². The number of hydrogen-bond acceptors (Lipinski definition) is 7. The zero-order valence-corrected chi connectivity index (χ0v) is 30.0. The van der Waals surface area contributed by atoms with E-state index in [0.717, 1.165) is 5.56 Å². The monoisotopic (exact) mass is 741 g/mol. The highest BCUT2D eigenvalue weighted by Gasteiger charge is 2.26. The van der Waals surface area contributed by atoms with Gasteiger partial charge in [-0.15, -0.1) is 23.1 Å². The molecular weight excluding hydrogens is 709 g/mol. The van der Waals surface area contributed by atoms with Crippen molar-refractivity contribution in [2.75, 3.05) is 17.2 Å². The predicted octanol–water partition coefficient (Wildman–Crippen LogP) is 9.30. The Morgan fingerprint density at radius 3 is 2.29 bits per heavy atom. The van der Waals surface area contributed by atoms with Gasteiger partial charge in [0.15, 0.2) is 0 Å². The molecule has 3 N–H and O–H groups in total. The Morgan fingerprint density at radius 1 is 0.902 bits per heavy atom. The molecule has 8 nitrogen and oxygen atoms in total. The second-order valence-electron chi connectivity index (χ2n) is 10.9. The standard InChI is InChI=1S/C39H33ClFN3O5S2/c1-3-33(37(47)44-38-34(39(48)49-4-2)29(23-50-38)24-13-7-5-8-14-24)51-27-18-11-17-26(21-27)42-36(46)32(22-28-30(40)19-12-20-31(28)41)43-35(45)25-15-9-6-10-16-25/h5-23,33H,3-4H2,1-2H3,(H,42,46)(H,43,45)(H,44,47)/b32-22+. The van der Waals surface area contributed by atoms with Crippen molar-refractivity contribution >= 4 is 75.2 Å². The fourth-order valence-corrected chi connectivity index (χ4v) is 7.14. The molecule has 3 amide bonds. The molecule has 1 unspecified atom stereocenters. The molecule has 12 heteroatoms. The lowest BCUT2D eigenvalue weighted by molar-refractivity contribution is -0.116. The lowest BCUT2D eigenvalue weighted by Crippen LogP contribution is -2.30. The lowest BCUT2D eigenvalue weighted by atomic mass is 10.0. The van der Waals surface area contributed by atoms with Gasteiger partial charge in [0.25, 0.3) is 11.8 Å². The largest absolute Gasteiger partial charge is 0.462 e. The second kappa shape index (κ2) is 17.6. The van der Waals surface area contributed by atoms with E-state index < -0.39 is 28.9 Å². The number of thiophene rings is 1. The number of anilines is 2. The normalized spacial score (nSPS) is 11.7. The Labute approximate surface area is 308 Å². The lowest BCUT2D eigenvalue weighted by Gasteiger charge is -2.16. The molecule has 260 valence electrons. The van der Waals surface area contributed by atoms with Gasteiger partial charge in [-0.25, -0.2) is 9.18 Å². The molecule has 0 aliphatic rings. The van der Waals surface area contributed by atoms with Crippen molar-refractivity contribution in [3.8, 4) is 11.1 Å². The third-order valence-corrected chi connectivity index (χ3v) is 10.0. The third-order valence-electron chi connectivity index (χ3n) is 7.44. The fourth-order valence-electron chi connectivity index (χ4n) is 4.95. The van der Waals surface area contributed by atoms with Crippen LogP contribution in [0.3, 0.4) is 0 Å². The maximum absolute atomic E-state index is 14.7. The molecule has 0 fully saturated rings. The van der Waals surface area contributed by atoms with Crippen molar-refractivity contribution < 1.29 is 28.3 Å². The average molecular weight is 742 g/mol. The number of carbonyl (C=O) groups is 4. The molecular formula is C39H33ClFN3O5S2. The molecule has 0 saturated carbocycles. The molecule has 5 rings (SSSR count). The van der Waals surface area contributed by atoms with Crippen LogP contribution >= 0.6 is 34.7 Å². The highest BCUT2D eigenvalue weighted by atomic mass is 35.5. The summed E-state index contributed by atoms with van der Waals surface area (Å²) in [5.41, 5.74) is 2.16. The van der Waals surface area contributed by atoms with Crippen LogP contribution in [0, 0.1) is 5.82 Å². The summed E-state index contributed by atoms with van der Waals surface area (Å²) in [6.45, 7) is 3.78. The molecule has 1 aromatic heterocycles. The number of carbonyl (C=O) groups excluding carboxylic acids is 4. The minimum Gasteiger partial charge on any atom is -0.462 e. The van der Waals surface area contributed by atoms with Gasteiger partial charge in [-0.2, -0.15) is 0 Å². The maximum atomic E-state index is 14.7. The Hall–Kier alpha value is -5.23.